The minimum Gasteiger partial charge on any atom is -0.501 e. The number of hydrogen-bond donors (Lipinski definition) is 0. The first kappa shape index (κ1) is 134. The van der Waals surface area contributed by atoms with Crippen LogP contribution in [0, 0.1) is 117 Å². The Hall–Kier alpha value is -5.98. The molecule has 132 heavy (non-hydrogen) atoms. The van der Waals surface area contributed by atoms with Crippen LogP contribution in [0.4, 0.5) is 17.6 Å². The number of nitroso groups, excluding NO2 is 1. The fraction of sp³-hybridized carbons (Fsp3) is 0.748. The number of ketones is 2. The number of carbonyl (C=O) groups excluding carboxylic acids is 2. The molecule has 5 aromatic rings. The van der Waals surface area contributed by atoms with Crippen LogP contribution in [0.15, 0.2) is 128 Å². The first-order valence-corrected chi connectivity index (χ1v) is 54.3. The number of benzene rings is 3. The van der Waals surface area contributed by atoms with E-state index in [2.05, 4.69) is 178 Å². The second-order valence-corrected chi connectivity index (χ2v) is 36.5. The van der Waals surface area contributed by atoms with Crippen molar-refractivity contribution >= 4 is 11.6 Å². The van der Waals surface area contributed by atoms with Crippen LogP contribution in [0.2, 0.25) is 0 Å². The number of rotatable bonds is 16. The molecule has 0 bridgehead atoms. The van der Waals surface area contributed by atoms with Crippen LogP contribution in [0.5, 0.6) is 5.75 Å². The fourth-order valence-electron chi connectivity index (χ4n) is 15.4. The van der Waals surface area contributed by atoms with Crippen LogP contribution in [0.1, 0.15) is 461 Å². The third-order valence-electron chi connectivity index (χ3n) is 25.7. The third-order valence-corrected chi connectivity index (χ3v) is 25.7. The lowest BCUT2D eigenvalue weighted by Crippen LogP contribution is -2.16. The Kier molecular flexibility index (Phi) is 78.5. The monoisotopic (exact) mass is 1850 g/mol. The molecule has 25 atom stereocenters. The normalized spacial score (nSPS) is 28.5. The Morgan fingerprint density at radius 3 is 0.977 bits per heavy atom. The predicted molar refractivity (Wildman–Crippen MR) is 571 cm³/mol. The first-order valence-electron chi connectivity index (χ1n) is 54.3. The van der Waals surface area contributed by atoms with Gasteiger partial charge in [-0.15, -0.1) is 13.2 Å². The second kappa shape index (κ2) is 77.0. The number of aryl methyl sites for hydroxylation is 1. The van der Waals surface area contributed by atoms with Crippen LogP contribution in [0.25, 0.3) is 0 Å². The third kappa shape index (κ3) is 61.3. The van der Waals surface area contributed by atoms with Crippen molar-refractivity contribution in [3.8, 4) is 5.75 Å². The summed E-state index contributed by atoms with van der Waals surface area (Å²) in [5.41, 5.74) is 8.57. The van der Waals surface area contributed by atoms with Gasteiger partial charge < -0.3 is 9.47 Å². The summed E-state index contributed by atoms with van der Waals surface area (Å²) in [6.07, 6.45) is 27.0. The van der Waals surface area contributed by atoms with Crippen molar-refractivity contribution in [2.24, 2.45) is 119 Å². The zero-order valence-electron chi connectivity index (χ0n) is 93.8. The van der Waals surface area contributed by atoms with E-state index in [9.17, 15) is 32.1 Å². The van der Waals surface area contributed by atoms with Crippen LogP contribution in [-0.4, -0.2) is 63.8 Å². The summed E-state index contributed by atoms with van der Waals surface area (Å²) in [6, 6.07) is 30.9. The van der Waals surface area contributed by atoms with Gasteiger partial charge in [-0.05, 0) is 298 Å². The molecule has 0 spiro atoms. The molecule has 2 aromatic heterocycles. The number of allylic oxidation sites excluding steroid dienone is 1. The van der Waals surface area contributed by atoms with Gasteiger partial charge in [-0.1, -0.05) is 348 Å². The van der Waals surface area contributed by atoms with Gasteiger partial charge in [-0.2, -0.15) is 5.10 Å². The maximum Gasteiger partial charge on any atom is 0.573 e. The molecule has 14 aliphatic carbocycles. The SMILES string of the molecule is C=C(OC)[C@@H]1C[C@H]1C.CC.CC.CC.CC.CC.CC.CC.CC.CC.CC.CC.CC.CC(=O)[C@@H]1C[C@H]1C.CC(=O)[C@@H]1C[C@H]1C.CC(F)[C@H]1C[C@@H]1C.CCC[C@H]1C[C@@H]1C.C[C@@H]1CC1c1ccccc1.C[C@@H]1CC1c1cnn(C)c1.C[C@@H]1C[C@H]1c1ccc(C2CC2)cc1.C[C@H]1CC1c1ccc(OC(F)(F)F)cc1.C[C@H]1C[C@@H]1C1CC1.C[C@H]1C[C@@H]1[N+](C)=O.C[C@H]1C[C@@H]1c1cccnc1. The molecule has 0 amide bonds. The highest BCUT2D eigenvalue weighted by atomic mass is 19.4. The van der Waals surface area contributed by atoms with Crippen molar-refractivity contribution in [3.63, 3.8) is 0 Å². The summed E-state index contributed by atoms with van der Waals surface area (Å²) in [6.45, 7) is 85.8. The van der Waals surface area contributed by atoms with Crippen molar-refractivity contribution < 1.29 is 41.4 Å². The number of pyridine rings is 1. The number of methoxy groups -OCH3 is 1. The van der Waals surface area contributed by atoms with E-state index < -0.39 is 12.5 Å². The molecule has 0 N–H and O–H groups in total. The van der Waals surface area contributed by atoms with Crippen LogP contribution >= 0.6 is 0 Å². The lowest BCUT2D eigenvalue weighted by Gasteiger charge is -2.08. The molecule has 4 unspecified atom stereocenters. The van der Waals surface area contributed by atoms with E-state index in [0.717, 1.165) is 125 Å². The molecular formula is C119H213F4N4O5+. The summed E-state index contributed by atoms with van der Waals surface area (Å²) in [4.78, 5) is 35.2. The average molecular weight is 1860 g/mol. The second-order valence-electron chi connectivity index (χ2n) is 36.5. The maximum atomic E-state index is 12.1. The van der Waals surface area contributed by atoms with E-state index in [1.807, 2.05) is 203 Å². The Bertz CT molecular complexity index is 3410. The molecule has 0 saturated heterocycles. The van der Waals surface area contributed by atoms with Crippen molar-refractivity contribution in [2.75, 3.05) is 14.2 Å². The smallest absolute Gasteiger partial charge is 0.501 e. The molecule has 14 fully saturated rings. The molecule has 0 aliphatic heterocycles. The van der Waals surface area contributed by atoms with E-state index in [0.29, 0.717) is 76.8 Å². The zero-order valence-corrected chi connectivity index (χ0v) is 93.8. The Balaban J connectivity index is -0.000000438. The van der Waals surface area contributed by atoms with Gasteiger partial charge >= 0.3 is 6.36 Å². The van der Waals surface area contributed by atoms with Gasteiger partial charge in [0.1, 0.15) is 23.5 Å². The predicted octanol–water partition coefficient (Wildman–Crippen LogP) is 37.8. The summed E-state index contributed by atoms with van der Waals surface area (Å²) >= 11 is 0. The number of Topliss-reactive ketones (excluding diaryl/α,β-unsaturated/α-hetero) is 2. The maximum absolute atomic E-state index is 12.1. The van der Waals surface area contributed by atoms with E-state index in [4.69, 9.17) is 4.74 Å². The van der Waals surface area contributed by atoms with Crippen molar-refractivity contribution in [1.82, 2.24) is 14.8 Å². The van der Waals surface area contributed by atoms with E-state index in [1.54, 1.807) is 77.5 Å². The van der Waals surface area contributed by atoms with E-state index in [1.165, 1.54) is 105 Å². The number of carbonyl (C=O) groups is 2. The van der Waals surface area contributed by atoms with Gasteiger partial charge in [-0.25, -0.2) is 4.39 Å². The topological polar surface area (TPSA) is 103 Å². The van der Waals surface area contributed by atoms with Gasteiger partial charge in [-0.3, -0.25) is 19.3 Å². The highest BCUT2D eigenvalue weighted by molar-refractivity contribution is 5.81. The number of aromatic nitrogens is 3. The highest BCUT2D eigenvalue weighted by Gasteiger charge is 2.46. The quantitative estimate of drug-likeness (QED) is 0.0551. The Morgan fingerprint density at radius 1 is 0.447 bits per heavy atom. The summed E-state index contributed by atoms with van der Waals surface area (Å²) in [5, 5.41) is 4.13. The first-order chi connectivity index (χ1) is 63.2. The number of halogens is 4. The largest absolute Gasteiger partial charge is 0.573 e. The lowest BCUT2D eigenvalue weighted by atomic mass is 10.0. The molecule has 14 saturated carbocycles. The number of alkyl halides is 4. The van der Waals surface area contributed by atoms with E-state index in [-0.39, 0.29) is 5.75 Å². The average Bonchev–Trinajstić information content (AvgIpc) is 1.65. The zero-order chi connectivity index (χ0) is 103. The minimum absolute atomic E-state index is 0.153. The van der Waals surface area contributed by atoms with Gasteiger partial charge in [0, 0.05) is 60.6 Å². The van der Waals surface area contributed by atoms with Crippen LogP contribution in [-0.2, 0) is 21.4 Å². The fourth-order valence-corrected chi connectivity index (χ4v) is 15.4. The molecule has 766 valence electrons. The summed E-state index contributed by atoms with van der Waals surface area (Å²) in [7, 11) is 5.25. The summed E-state index contributed by atoms with van der Waals surface area (Å²) in [5.74, 6) is 21.8. The van der Waals surface area contributed by atoms with Gasteiger partial charge in [0.2, 0.25) is 6.04 Å². The van der Waals surface area contributed by atoms with Crippen molar-refractivity contribution in [1.29, 1.82) is 0 Å². The summed E-state index contributed by atoms with van der Waals surface area (Å²) < 4.78 is 59.4. The number of nitrogens with zero attached hydrogens (tertiary/aromatic N) is 4. The van der Waals surface area contributed by atoms with Crippen molar-refractivity contribution in [3.05, 3.63) is 166 Å². The highest BCUT2D eigenvalue weighted by Crippen LogP contribution is 2.55. The van der Waals surface area contributed by atoms with Crippen molar-refractivity contribution in [2.45, 2.75) is 447 Å². The molecule has 14 aliphatic rings. The number of ether oxygens (including phenoxy) is 2. The van der Waals surface area contributed by atoms with Gasteiger partial charge in [0.05, 0.1) is 19.1 Å². The van der Waals surface area contributed by atoms with Crippen LogP contribution < -0.4 is 4.74 Å². The van der Waals surface area contributed by atoms with Crippen LogP contribution in [0.3, 0.4) is 0 Å². The standard InChI is InChI=1S/C13H16.C11H11F3O.C10H12.C9H11N.C8H12N2.C7H12O.C7H12.C7H14.C6H11F.2C6H10O.C5H10NO.12C2H6/c1-9-8-13(9)12-6-4-11(5-7-12)10-2-3-10;1-7-6-10(7)8-2-4-9(5-3-8)15-11(12,13)14;1-8-7-10(8)9-5-3-2-4-6-9;1-7-5-9(7)8-3-2-4-10-6-8;1-6-3-8(6)7-4-9-10(2)5-7;1-5-4-7(5)6(2)8-3;1-5-4-7(5)6-2-3-6;1-3-4-7-5-6(7)2;3*1-4-3-6(4)5(2)7;1-4-3-5(4)6(2)7;12*1-2/h4-7,9-10,13H,2-3,8H2,1H3;2-5,7,10H,6H2,1H3;2-6,8,10H,7H2,1H3;2-4,6-7,9H,5H2,1H3;4-6,8H,3H2,1-2H3;5,7H,2,4H2,1,3H3;5-7H,2-4H2,1H3;6-7H,3-5H2,1-2H3;4-6H,3H2,1-2H3;2*4,6H,3H2,1-2H3;4-5H,3H2,1-2H3;12*1-2H3/q;;;;;;;;;;;+1;;;;;;;;;;;;/t9-,13-;7-,10?;8-,10?;7-,9-;6-,8?;2*5-,7-;6-,7-;4-,5?,6-;2*4-,6-;4-,5-;;;;;;;;;;;;/m101011000110............/s1. The molecule has 13 heteroatoms. The van der Waals surface area contributed by atoms with Gasteiger partial charge in [0.15, 0.2) is 7.05 Å². The Morgan fingerprint density at radius 2 is 0.780 bits per heavy atom. The molecule has 2 heterocycles. The van der Waals surface area contributed by atoms with E-state index >= 15 is 0 Å². The minimum atomic E-state index is -4.60. The number of hydrogen-bond acceptors (Lipinski definition) is 7. The molecule has 0 radical (unpaired) electrons. The molecule has 19 rings (SSSR count). The lowest BCUT2D eigenvalue weighted by molar-refractivity contribution is -0.536. The Labute approximate surface area is 815 Å². The molecular weight excluding hydrogens is 1640 g/mol. The molecule has 3 aromatic carbocycles. The van der Waals surface area contributed by atoms with Gasteiger partial charge in [0.25, 0.3) is 0 Å². The molecule has 9 nitrogen and oxygen atoms in total.